The number of carbonyl (C=O) groups is 1. The van der Waals surface area contributed by atoms with Gasteiger partial charge < -0.3 is 20.1 Å². The molecule has 0 aromatic heterocycles. The highest BCUT2D eigenvalue weighted by Gasteiger charge is 2.35. The van der Waals surface area contributed by atoms with Crippen LogP contribution < -0.4 is 0 Å². The van der Waals surface area contributed by atoms with E-state index in [1.54, 1.807) is 0 Å². The largest absolute Gasteiger partial charge is 0.481 e. The van der Waals surface area contributed by atoms with Crippen molar-refractivity contribution in [2.24, 2.45) is 17.8 Å². The quantitative estimate of drug-likeness (QED) is 0.626. The summed E-state index contributed by atoms with van der Waals surface area (Å²) in [6, 6.07) is 0. The molecule has 0 saturated heterocycles. The SMILES string of the molecule is CC1CC(C(O)C(C)C(=O)O)CCC1OCO. The lowest BCUT2D eigenvalue weighted by molar-refractivity contribution is -0.148. The van der Waals surface area contributed by atoms with Crippen molar-refractivity contribution in [1.29, 1.82) is 0 Å². The minimum atomic E-state index is -0.959. The van der Waals surface area contributed by atoms with Gasteiger partial charge in [0.1, 0.15) is 6.79 Å². The predicted molar refractivity (Wildman–Crippen MR) is 61.3 cm³/mol. The van der Waals surface area contributed by atoms with Crippen LogP contribution in [0.4, 0.5) is 0 Å². The van der Waals surface area contributed by atoms with Crippen molar-refractivity contribution >= 4 is 5.97 Å². The molecule has 17 heavy (non-hydrogen) atoms. The summed E-state index contributed by atoms with van der Waals surface area (Å²) < 4.78 is 5.19. The molecular formula is C12H22O5. The Labute approximate surface area is 101 Å². The van der Waals surface area contributed by atoms with Crippen LogP contribution in [0.15, 0.2) is 0 Å². The summed E-state index contributed by atoms with van der Waals surface area (Å²) in [5.41, 5.74) is 0. The number of aliphatic hydroxyl groups is 2. The molecule has 5 unspecified atom stereocenters. The Hall–Kier alpha value is -0.650. The Bertz CT molecular complexity index is 255. The van der Waals surface area contributed by atoms with E-state index in [9.17, 15) is 9.90 Å². The van der Waals surface area contributed by atoms with E-state index in [1.807, 2.05) is 6.92 Å². The lowest BCUT2D eigenvalue weighted by atomic mass is 9.75. The Kier molecular flexibility index (Phi) is 5.36. The third-order valence-electron chi connectivity index (χ3n) is 3.80. The van der Waals surface area contributed by atoms with Gasteiger partial charge in [-0.15, -0.1) is 0 Å². The number of rotatable bonds is 5. The lowest BCUT2D eigenvalue weighted by Crippen LogP contribution is -2.39. The third kappa shape index (κ3) is 3.66. The molecule has 0 heterocycles. The number of aliphatic hydroxyl groups excluding tert-OH is 2. The van der Waals surface area contributed by atoms with Gasteiger partial charge in [0.15, 0.2) is 0 Å². The molecule has 0 aromatic carbocycles. The van der Waals surface area contributed by atoms with Crippen LogP contribution in [0.3, 0.4) is 0 Å². The van der Waals surface area contributed by atoms with Crippen molar-refractivity contribution in [3.05, 3.63) is 0 Å². The second kappa shape index (κ2) is 6.33. The fraction of sp³-hybridized carbons (Fsp3) is 0.917. The van der Waals surface area contributed by atoms with Gasteiger partial charge in [-0.2, -0.15) is 0 Å². The van der Waals surface area contributed by atoms with Crippen molar-refractivity contribution in [3.63, 3.8) is 0 Å². The fourth-order valence-corrected chi connectivity index (χ4v) is 2.62. The van der Waals surface area contributed by atoms with E-state index in [-0.39, 0.29) is 24.7 Å². The molecule has 0 aliphatic heterocycles. The van der Waals surface area contributed by atoms with E-state index < -0.39 is 18.0 Å². The lowest BCUT2D eigenvalue weighted by Gasteiger charge is -2.36. The number of ether oxygens (including phenoxy) is 1. The van der Waals surface area contributed by atoms with Gasteiger partial charge in [-0.25, -0.2) is 0 Å². The van der Waals surface area contributed by atoms with Crippen molar-refractivity contribution < 1.29 is 24.9 Å². The van der Waals surface area contributed by atoms with Crippen LogP contribution in [0, 0.1) is 17.8 Å². The molecule has 3 N–H and O–H groups in total. The smallest absolute Gasteiger partial charge is 0.308 e. The molecule has 5 atom stereocenters. The standard InChI is InChI=1S/C12H22O5/c1-7-5-9(3-4-10(7)17-6-13)11(14)8(2)12(15)16/h7-11,13-14H,3-6H2,1-2H3,(H,15,16). The van der Waals surface area contributed by atoms with Gasteiger partial charge in [0.25, 0.3) is 0 Å². The number of carboxylic acid groups (broad SMARTS) is 1. The zero-order chi connectivity index (χ0) is 13.0. The van der Waals surface area contributed by atoms with Crippen LogP contribution in [0.25, 0.3) is 0 Å². The number of hydrogen-bond donors (Lipinski definition) is 3. The van der Waals surface area contributed by atoms with Gasteiger partial charge in [0, 0.05) is 0 Å². The molecule has 100 valence electrons. The second-order valence-electron chi connectivity index (χ2n) is 5.00. The maximum Gasteiger partial charge on any atom is 0.308 e. The van der Waals surface area contributed by atoms with Crippen molar-refractivity contribution in [2.75, 3.05) is 6.79 Å². The first kappa shape index (κ1) is 14.4. The molecular weight excluding hydrogens is 224 g/mol. The molecule has 5 nitrogen and oxygen atoms in total. The highest BCUT2D eigenvalue weighted by Crippen LogP contribution is 2.34. The third-order valence-corrected chi connectivity index (χ3v) is 3.80. The molecule has 1 aliphatic carbocycles. The van der Waals surface area contributed by atoms with E-state index in [2.05, 4.69) is 0 Å². The topological polar surface area (TPSA) is 87.0 Å². The minimum absolute atomic E-state index is 0.00893. The molecule has 0 bridgehead atoms. The molecule has 1 aliphatic rings. The van der Waals surface area contributed by atoms with Crippen LogP contribution in [-0.2, 0) is 9.53 Å². The van der Waals surface area contributed by atoms with Crippen molar-refractivity contribution in [1.82, 2.24) is 0 Å². The van der Waals surface area contributed by atoms with E-state index in [0.717, 1.165) is 19.3 Å². The zero-order valence-corrected chi connectivity index (χ0v) is 10.4. The van der Waals surface area contributed by atoms with Crippen molar-refractivity contribution in [2.45, 2.75) is 45.3 Å². The Balaban J connectivity index is 2.51. The van der Waals surface area contributed by atoms with Crippen LogP contribution >= 0.6 is 0 Å². The van der Waals surface area contributed by atoms with E-state index >= 15 is 0 Å². The molecule has 0 radical (unpaired) electrons. The second-order valence-corrected chi connectivity index (χ2v) is 5.00. The summed E-state index contributed by atoms with van der Waals surface area (Å²) in [6.07, 6.45) is 1.46. The van der Waals surface area contributed by atoms with Crippen LogP contribution in [-0.4, -0.2) is 40.3 Å². The van der Waals surface area contributed by atoms with Crippen molar-refractivity contribution in [3.8, 4) is 0 Å². The normalized spacial score (nSPS) is 33.1. The first-order chi connectivity index (χ1) is 7.97. The van der Waals surface area contributed by atoms with Gasteiger partial charge in [0.2, 0.25) is 0 Å². The van der Waals surface area contributed by atoms with Gasteiger partial charge in [-0.3, -0.25) is 4.79 Å². The van der Waals surface area contributed by atoms with E-state index in [0.29, 0.717) is 0 Å². The molecule has 1 saturated carbocycles. The summed E-state index contributed by atoms with van der Waals surface area (Å²) in [5.74, 6) is -1.45. The summed E-state index contributed by atoms with van der Waals surface area (Å²) in [6.45, 7) is 3.26. The highest BCUT2D eigenvalue weighted by atomic mass is 16.6. The van der Waals surface area contributed by atoms with Gasteiger partial charge in [-0.05, 0) is 38.0 Å². The Morgan fingerprint density at radius 2 is 2.12 bits per heavy atom. The monoisotopic (exact) mass is 246 g/mol. The zero-order valence-electron chi connectivity index (χ0n) is 10.4. The summed E-state index contributed by atoms with van der Waals surface area (Å²) >= 11 is 0. The van der Waals surface area contributed by atoms with Gasteiger partial charge in [-0.1, -0.05) is 6.92 Å². The summed E-state index contributed by atoms with van der Waals surface area (Å²) in [5, 5.41) is 27.6. The molecule has 5 heteroatoms. The number of carboxylic acids is 1. The average molecular weight is 246 g/mol. The summed E-state index contributed by atoms with van der Waals surface area (Å²) in [7, 11) is 0. The van der Waals surface area contributed by atoms with Crippen LogP contribution in [0.1, 0.15) is 33.1 Å². The molecule has 0 spiro atoms. The molecule has 1 rings (SSSR count). The summed E-state index contributed by atoms with van der Waals surface area (Å²) in [4.78, 5) is 10.8. The Morgan fingerprint density at radius 1 is 1.47 bits per heavy atom. The molecule has 1 fully saturated rings. The fourth-order valence-electron chi connectivity index (χ4n) is 2.62. The maximum atomic E-state index is 10.8. The number of hydrogen-bond acceptors (Lipinski definition) is 4. The van der Waals surface area contributed by atoms with Gasteiger partial charge in [0.05, 0.1) is 18.1 Å². The predicted octanol–water partition coefficient (Wildman–Crippen LogP) is 0.839. The minimum Gasteiger partial charge on any atom is -0.481 e. The first-order valence-corrected chi connectivity index (χ1v) is 6.10. The van der Waals surface area contributed by atoms with E-state index in [4.69, 9.17) is 14.9 Å². The average Bonchev–Trinajstić information content (AvgIpc) is 2.30. The maximum absolute atomic E-state index is 10.8. The van der Waals surface area contributed by atoms with Crippen LogP contribution in [0.5, 0.6) is 0 Å². The van der Waals surface area contributed by atoms with E-state index in [1.165, 1.54) is 6.92 Å². The Morgan fingerprint density at radius 3 is 2.59 bits per heavy atom. The van der Waals surface area contributed by atoms with Crippen LogP contribution in [0.2, 0.25) is 0 Å². The molecule has 0 aromatic rings. The molecule has 0 amide bonds. The first-order valence-electron chi connectivity index (χ1n) is 6.10. The van der Waals surface area contributed by atoms with Gasteiger partial charge >= 0.3 is 5.97 Å². The highest BCUT2D eigenvalue weighted by molar-refractivity contribution is 5.70. The number of aliphatic carboxylic acids is 1.